The van der Waals surface area contributed by atoms with Gasteiger partial charge in [-0.2, -0.15) is 5.10 Å². The minimum absolute atomic E-state index is 0. The highest BCUT2D eigenvalue weighted by Gasteiger charge is 2.36. The van der Waals surface area contributed by atoms with E-state index in [9.17, 15) is 14.9 Å². The maximum atomic E-state index is 12.5. The molecule has 1 amide bonds. The first kappa shape index (κ1) is 19.7. The number of halogens is 1. The van der Waals surface area contributed by atoms with Crippen molar-refractivity contribution in [2.75, 3.05) is 7.05 Å². The molecule has 2 bridgehead atoms. The summed E-state index contributed by atoms with van der Waals surface area (Å²) in [7, 11) is 1.88. The van der Waals surface area contributed by atoms with Gasteiger partial charge in [0.05, 0.1) is 11.5 Å². The van der Waals surface area contributed by atoms with Crippen molar-refractivity contribution in [2.45, 2.75) is 70.6 Å². The smallest absolute Gasteiger partial charge is 0.312 e. The summed E-state index contributed by atoms with van der Waals surface area (Å²) in [5, 5.41) is 18.8. The first-order chi connectivity index (χ1) is 11.4. The molecule has 3 rings (SSSR count). The maximum Gasteiger partial charge on any atom is 0.312 e. The number of rotatable bonds is 5. The summed E-state index contributed by atoms with van der Waals surface area (Å²) in [4.78, 5) is 25.0. The molecule has 1 aromatic heterocycles. The second-order valence-corrected chi connectivity index (χ2v) is 7.02. The van der Waals surface area contributed by atoms with E-state index in [1.807, 2.05) is 11.9 Å². The van der Waals surface area contributed by atoms with Crippen molar-refractivity contribution < 1.29 is 9.72 Å². The van der Waals surface area contributed by atoms with Gasteiger partial charge in [-0.15, -0.1) is 12.4 Å². The molecule has 8 nitrogen and oxygen atoms in total. The molecule has 1 aromatic rings. The molecular formula is C16H26ClN5O3. The van der Waals surface area contributed by atoms with Crippen molar-refractivity contribution in [2.24, 2.45) is 0 Å². The van der Waals surface area contributed by atoms with Gasteiger partial charge in [0.1, 0.15) is 11.4 Å². The Morgan fingerprint density at radius 1 is 1.36 bits per heavy atom. The van der Waals surface area contributed by atoms with Crippen molar-refractivity contribution in [1.29, 1.82) is 0 Å². The van der Waals surface area contributed by atoms with E-state index in [0.29, 0.717) is 42.5 Å². The fraction of sp³-hybridized carbons (Fsp3) is 0.750. The van der Waals surface area contributed by atoms with Crippen molar-refractivity contribution >= 4 is 24.0 Å². The molecule has 140 valence electrons. The van der Waals surface area contributed by atoms with Crippen LogP contribution in [0.2, 0.25) is 0 Å². The number of nitrogens with zero attached hydrogens (tertiary/aromatic N) is 4. The fourth-order valence-electron chi connectivity index (χ4n) is 4.09. The second-order valence-electron chi connectivity index (χ2n) is 7.02. The van der Waals surface area contributed by atoms with E-state index in [0.717, 1.165) is 12.8 Å². The van der Waals surface area contributed by atoms with Gasteiger partial charge in [-0.25, -0.2) is 0 Å². The summed E-state index contributed by atoms with van der Waals surface area (Å²) in [6.07, 6.45) is 4.76. The Morgan fingerprint density at radius 2 is 1.96 bits per heavy atom. The van der Waals surface area contributed by atoms with E-state index in [1.165, 1.54) is 12.8 Å². The zero-order valence-corrected chi connectivity index (χ0v) is 15.7. The van der Waals surface area contributed by atoms with E-state index in [4.69, 9.17) is 0 Å². The lowest BCUT2D eigenvalue weighted by molar-refractivity contribution is -0.386. The van der Waals surface area contributed by atoms with Gasteiger partial charge < -0.3 is 10.2 Å². The Kier molecular flexibility index (Phi) is 6.05. The van der Waals surface area contributed by atoms with Gasteiger partial charge >= 0.3 is 5.69 Å². The number of aromatic nitrogens is 2. The summed E-state index contributed by atoms with van der Waals surface area (Å²) in [5.74, 6) is 0.0801. The molecule has 25 heavy (non-hydrogen) atoms. The Morgan fingerprint density at radius 3 is 2.48 bits per heavy atom. The fourth-order valence-corrected chi connectivity index (χ4v) is 4.09. The van der Waals surface area contributed by atoms with Crippen LogP contribution in [0, 0.1) is 24.0 Å². The number of nitro groups is 1. The molecule has 2 unspecified atom stereocenters. The average molecular weight is 372 g/mol. The SMILES string of the molecule is Cc1nn(CCC(=O)N(C)C2CC3CCC(C2)N3)c(C)c1[N+](=O)[O-].Cl. The number of hydrogen-bond donors (Lipinski definition) is 1. The molecule has 9 heteroatoms. The molecule has 0 aromatic carbocycles. The Bertz CT molecular complexity index is 650. The van der Waals surface area contributed by atoms with E-state index in [2.05, 4.69) is 10.4 Å². The molecule has 2 aliphatic heterocycles. The highest BCUT2D eigenvalue weighted by molar-refractivity contribution is 5.85. The predicted molar refractivity (Wildman–Crippen MR) is 96.0 cm³/mol. The number of nitrogens with one attached hydrogen (secondary N) is 1. The van der Waals surface area contributed by atoms with Crippen molar-refractivity contribution in [1.82, 2.24) is 20.0 Å². The van der Waals surface area contributed by atoms with Gasteiger partial charge in [-0.3, -0.25) is 19.6 Å². The molecule has 3 heterocycles. The lowest BCUT2D eigenvalue weighted by atomic mass is 9.98. The van der Waals surface area contributed by atoms with Gasteiger partial charge in [0.25, 0.3) is 0 Å². The summed E-state index contributed by atoms with van der Waals surface area (Å²) >= 11 is 0. The van der Waals surface area contributed by atoms with Crippen molar-refractivity contribution in [3.8, 4) is 0 Å². The number of carbonyl (C=O) groups excluding carboxylic acids is 1. The number of piperidine rings is 1. The lowest BCUT2D eigenvalue weighted by Gasteiger charge is -2.35. The molecule has 0 aliphatic carbocycles. The van der Waals surface area contributed by atoms with Gasteiger partial charge in [-0.05, 0) is 39.5 Å². The van der Waals surface area contributed by atoms with E-state index >= 15 is 0 Å². The van der Waals surface area contributed by atoms with E-state index < -0.39 is 4.92 Å². The molecule has 0 radical (unpaired) electrons. The third-order valence-electron chi connectivity index (χ3n) is 5.45. The number of hydrogen-bond acceptors (Lipinski definition) is 5. The summed E-state index contributed by atoms with van der Waals surface area (Å²) < 4.78 is 1.57. The highest BCUT2D eigenvalue weighted by Crippen LogP contribution is 2.29. The number of carbonyl (C=O) groups is 1. The van der Waals surface area contributed by atoms with Gasteiger partial charge in [0.2, 0.25) is 5.91 Å². The quantitative estimate of drug-likeness (QED) is 0.630. The summed E-state index contributed by atoms with van der Waals surface area (Å²) in [5.41, 5.74) is 0.951. The third kappa shape index (κ3) is 3.95. The molecule has 2 atom stereocenters. The van der Waals surface area contributed by atoms with Crippen molar-refractivity contribution in [3.63, 3.8) is 0 Å². The standard InChI is InChI=1S/C16H25N5O3.ClH/c1-10-16(21(23)24)11(2)20(18-10)7-6-15(22)19(3)14-8-12-4-5-13(9-14)17-12;/h12-14,17H,4-9H2,1-3H3;1H. The molecule has 0 saturated carbocycles. The number of fused-ring (bicyclic) bond motifs is 2. The van der Waals surface area contributed by atoms with Crippen LogP contribution in [0.4, 0.5) is 5.69 Å². The lowest BCUT2D eigenvalue weighted by Crippen LogP contribution is -2.48. The van der Waals surface area contributed by atoms with E-state index in [-0.39, 0.29) is 24.0 Å². The van der Waals surface area contributed by atoms with Crippen LogP contribution in [-0.2, 0) is 11.3 Å². The third-order valence-corrected chi connectivity index (χ3v) is 5.45. The van der Waals surface area contributed by atoms with Crippen LogP contribution >= 0.6 is 12.4 Å². The topological polar surface area (TPSA) is 93.3 Å². The zero-order chi connectivity index (χ0) is 17.4. The monoisotopic (exact) mass is 371 g/mol. The largest absolute Gasteiger partial charge is 0.343 e. The summed E-state index contributed by atoms with van der Waals surface area (Å²) in [6, 6.07) is 1.39. The van der Waals surface area contributed by atoms with E-state index in [1.54, 1.807) is 18.5 Å². The maximum absolute atomic E-state index is 12.5. The minimum atomic E-state index is -0.410. The van der Waals surface area contributed by atoms with Crippen LogP contribution in [0.1, 0.15) is 43.5 Å². The number of amides is 1. The molecule has 1 N–H and O–H groups in total. The van der Waals surface area contributed by atoms with Crippen LogP contribution in [0.5, 0.6) is 0 Å². The number of aryl methyl sites for hydroxylation is 2. The molecule has 2 fully saturated rings. The van der Waals surface area contributed by atoms with Crippen LogP contribution in [-0.4, -0.2) is 50.7 Å². The molecular weight excluding hydrogens is 346 g/mol. The van der Waals surface area contributed by atoms with Gasteiger partial charge in [0.15, 0.2) is 0 Å². The second kappa shape index (κ2) is 7.70. The Hall–Kier alpha value is -1.67. The predicted octanol–water partition coefficient (Wildman–Crippen LogP) is 1.96. The van der Waals surface area contributed by atoms with Crippen LogP contribution < -0.4 is 5.32 Å². The van der Waals surface area contributed by atoms with Crippen molar-refractivity contribution in [3.05, 3.63) is 21.5 Å². The Balaban J connectivity index is 0.00000225. The summed E-state index contributed by atoms with van der Waals surface area (Å²) in [6.45, 7) is 3.68. The van der Waals surface area contributed by atoms with Crippen LogP contribution in [0.25, 0.3) is 0 Å². The highest BCUT2D eigenvalue weighted by atomic mass is 35.5. The van der Waals surface area contributed by atoms with Gasteiger partial charge in [0, 0.05) is 31.6 Å². The van der Waals surface area contributed by atoms with Gasteiger partial charge in [-0.1, -0.05) is 0 Å². The first-order valence-electron chi connectivity index (χ1n) is 8.57. The minimum Gasteiger partial charge on any atom is -0.343 e. The van der Waals surface area contributed by atoms with Crippen LogP contribution in [0.3, 0.4) is 0 Å². The molecule has 2 saturated heterocycles. The normalized spacial score (nSPS) is 24.7. The first-order valence-corrected chi connectivity index (χ1v) is 8.57. The average Bonchev–Trinajstić information content (AvgIpc) is 3.02. The zero-order valence-electron chi connectivity index (χ0n) is 14.9. The molecule has 2 aliphatic rings. The van der Waals surface area contributed by atoms with Crippen LogP contribution in [0.15, 0.2) is 0 Å². The molecule has 0 spiro atoms. The Labute approximate surface area is 153 Å².